The van der Waals surface area contributed by atoms with Gasteiger partial charge in [0.2, 0.25) is 5.91 Å². The Bertz CT molecular complexity index is 437. The van der Waals surface area contributed by atoms with E-state index in [0.717, 1.165) is 6.20 Å². The van der Waals surface area contributed by atoms with E-state index in [1.807, 2.05) is 0 Å². The van der Waals surface area contributed by atoms with E-state index in [2.05, 4.69) is 15.3 Å². The number of anilines is 1. The Morgan fingerprint density at radius 2 is 2.21 bits per heavy atom. The number of carbonyl (C=O) groups is 2. The Kier molecular flexibility index (Phi) is 2.61. The van der Waals surface area contributed by atoms with Crippen LogP contribution in [0.15, 0.2) is 11.0 Å². The van der Waals surface area contributed by atoms with Gasteiger partial charge in [-0.05, 0) is 0 Å². The maximum absolute atomic E-state index is 10.8. The molecular weight excluding hydrogens is 188 g/mol. The highest BCUT2D eigenvalue weighted by molar-refractivity contribution is 5.99. The molecule has 7 heteroatoms. The van der Waals surface area contributed by atoms with Crippen molar-refractivity contribution in [3.63, 3.8) is 0 Å². The monoisotopic (exact) mass is 196 g/mol. The van der Waals surface area contributed by atoms with Crippen LogP contribution in [0.5, 0.6) is 0 Å². The number of amides is 2. The highest BCUT2D eigenvalue weighted by Crippen LogP contribution is 2.04. The SMILES string of the molecule is CC(=O)Nc1[nH]c(=O)cnc1C(N)=O. The quantitative estimate of drug-likeness (QED) is 0.552. The minimum atomic E-state index is -0.829. The van der Waals surface area contributed by atoms with E-state index < -0.39 is 17.4 Å². The molecule has 1 aromatic rings. The minimum absolute atomic E-state index is 0.0856. The van der Waals surface area contributed by atoms with Gasteiger partial charge in [-0.25, -0.2) is 4.98 Å². The van der Waals surface area contributed by atoms with Crippen LogP contribution in [0.25, 0.3) is 0 Å². The third-order valence-electron chi connectivity index (χ3n) is 1.33. The fraction of sp³-hybridized carbons (Fsp3) is 0.143. The van der Waals surface area contributed by atoms with E-state index in [9.17, 15) is 14.4 Å². The largest absolute Gasteiger partial charge is 0.364 e. The molecule has 14 heavy (non-hydrogen) atoms. The normalized spacial score (nSPS) is 9.50. The zero-order valence-electron chi connectivity index (χ0n) is 7.33. The summed E-state index contributed by atoms with van der Waals surface area (Å²) in [5, 5.41) is 2.24. The van der Waals surface area contributed by atoms with Crippen molar-refractivity contribution < 1.29 is 9.59 Å². The van der Waals surface area contributed by atoms with E-state index >= 15 is 0 Å². The van der Waals surface area contributed by atoms with Crippen molar-refractivity contribution in [2.24, 2.45) is 5.73 Å². The van der Waals surface area contributed by atoms with Crippen LogP contribution in [0.1, 0.15) is 17.4 Å². The van der Waals surface area contributed by atoms with Gasteiger partial charge >= 0.3 is 0 Å². The van der Waals surface area contributed by atoms with E-state index in [4.69, 9.17) is 5.73 Å². The molecule has 0 unspecified atom stereocenters. The third kappa shape index (κ3) is 2.16. The van der Waals surface area contributed by atoms with Gasteiger partial charge < -0.3 is 16.0 Å². The number of aromatic amines is 1. The van der Waals surface area contributed by atoms with Gasteiger partial charge in [-0.2, -0.15) is 0 Å². The lowest BCUT2D eigenvalue weighted by Gasteiger charge is -2.04. The highest BCUT2D eigenvalue weighted by Gasteiger charge is 2.11. The Balaban J connectivity index is 3.22. The van der Waals surface area contributed by atoms with Gasteiger partial charge in [0, 0.05) is 6.92 Å². The molecule has 0 spiro atoms. The van der Waals surface area contributed by atoms with Gasteiger partial charge in [0.15, 0.2) is 5.69 Å². The molecule has 0 radical (unpaired) electrons. The lowest BCUT2D eigenvalue weighted by Crippen LogP contribution is -2.22. The van der Waals surface area contributed by atoms with Crippen molar-refractivity contribution in [1.29, 1.82) is 0 Å². The number of H-pyrrole nitrogens is 1. The van der Waals surface area contributed by atoms with Gasteiger partial charge in [-0.15, -0.1) is 0 Å². The molecule has 0 saturated carbocycles. The molecule has 4 N–H and O–H groups in total. The van der Waals surface area contributed by atoms with Gasteiger partial charge in [-0.3, -0.25) is 14.4 Å². The number of nitrogens with zero attached hydrogens (tertiary/aromatic N) is 1. The van der Waals surface area contributed by atoms with Gasteiger partial charge in [0.05, 0.1) is 6.20 Å². The van der Waals surface area contributed by atoms with Crippen LogP contribution >= 0.6 is 0 Å². The first kappa shape index (κ1) is 9.90. The predicted octanol–water partition coefficient (Wildman–Crippen LogP) is -1.17. The second-order valence-electron chi connectivity index (χ2n) is 2.52. The van der Waals surface area contributed by atoms with Crippen LogP contribution in [-0.4, -0.2) is 21.8 Å². The number of nitrogens with two attached hydrogens (primary N) is 1. The molecule has 0 bridgehead atoms. The zero-order chi connectivity index (χ0) is 10.7. The summed E-state index contributed by atoms with van der Waals surface area (Å²) in [5.74, 6) is -1.35. The first-order valence-electron chi connectivity index (χ1n) is 3.67. The maximum Gasteiger partial charge on any atom is 0.271 e. The number of nitrogens with one attached hydrogen (secondary N) is 2. The summed E-state index contributed by atoms with van der Waals surface area (Å²) < 4.78 is 0. The van der Waals surface area contributed by atoms with Crippen LogP contribution in [-0.2, 0) is 4.79 Å². The molecule has 0 atom stereocenters. The first-order valence-corrected chi connectivity index (χ1v) is 3.67. The summed E-state index contributed by atoms with van der Waals surface area (Å²) in [6, 6.07) is 0. The average molecular weight is 196 g/mol. The van der Waals surface area contributed by atoms with Crippen molar-refractivity contribution in [1.82, 2.24) is 9.97 Å². The molecule has 0 aliphatic rings. The molecule has 2 amide bonds. The fourth-order valence-corrected chi connectivity index (χ4v) is 0.856. The van der Waals surface area contributed by atoms with Gasteiger partial charge in [-0.1, -0.05) is 0 Å². The number of rotatable bonds is 2. The molecule has 74 valence electrons. The summed E-state index contributed by atoms with van der Waals surface area (Å²) in [7, 11) is 0. The van der Waals surface area contributed by atoms with E-state index in [1.54, 1.807) is 0 Å². The van der Waals surface area contributed by atoms with Crippen molar-refractivity contribution >= 4 is 17.6 Å². The predicted molar refractivity (Wildman–Crippen MR) is 47.7 cm³/mol. The van der Waals surface area contributed by atoms with Crippen molar-refractivity contribution in [2.45, 2.75) is 6.92 Å². The second-order valence-corrected chi connectivity index (χ2v) is 2.52. The molecule has 0 saturated heterocycles. The number of primary amides is 1. The smallest absolute Gasteiger partial charge is 0.271 e. The van der Waals surface area contributed by atoms with E-state index in [1.165, 1.54) is 6.92 Å². The van der Waals surface area contributed by atoms with Crippen molar-refractivity contribution in [3.8, 4) is 0 Å². The Labute approximate surface area is 78.3 Å². The minimum Gasteiger partial charge on any atom is -0.364 e. The molecule has 0 aromatic carbocycles. The molecule has 1 heterocycles. The molecule has 0 aliphatic heterocycles. The lowest BCUT2D eigenvalue weighted by atomic mass is 10.4. The van der Waals surface area contributed by atoms with Crippen LogP contribution in [0.4, 0.5) is 5.82 Å². The number of aromatic nitrogens is 2. The van der Waals surface area contributed by atoms with Gasteiger partial charge in [0.25, 0.3) is 11.5 Å². The number of hydrogen-bond donors (Lipinski definition) is 3. The summed E-state index contributed by atoms with van der Waals surface area (Å²) in [6.45, 7) is 1.23. The van der Waals surface area contributed by atoms with Crippen LogP contribution in [0.3, 0.4) is 0 Å². The van der Waals surface area contributed by atoms with Gasteiger partial charge in [0.1, 0.15) is 5.82 Å². The molecule has 1 aromatic heterocycles. The number of hydrogen-bond acceptors (Lipinski definition) is 4. The molecule has 0 aliphatic carbocycles. The summed E-state index contributed by atoms with van der Waals surface area (Å²) in [6.07, 6.45) is 0.908. The lowest BCUT2D eigenvalue weighted by molar-refractivity contribution is -0.114. The van der Waals surface area contributed by atoms with Crippen LogP contribution in [0, 0.1) is 0 Å². The molecular formula is C7H8N4O3. The fourth-order valence-electron chi connectivity index (χ4n) is 0.856. The Hall–Kier alpha value is -2.18. The first-order chi connectivity index (χ1) is 6.50. The second kappa shape index (κ2) is 3.69. The van der Waals surface area contributed by atoms with E-state index in [0.29, 0.717) is 0 Å². The van der Waals surface area contributed by atoms with E-state index in [-0.39, 0.29) is 11.5 Å². The zero-order valence-corrected chi connectivity index (χ0v) is 7.33. The third-order valence-corrected chi connectivity index (χ3v) is 1.33. The van der Waals surface area contributed by atoms with Crippen LogP contribution in [0.2, 0.25) is 0 Å². The molecule has 7 nitrogen and oxygen atoms in total. The molecule has 0 fully saturated rings. The summed E-state index contributed by atoms with van der Waals surface area (Å²) >= 11 is 0. The number of carbonyl (C=O) groups excluding carboxylic acids is 2. The van der Waals surface area contributed by atoms with Crippen LogP contribution < -0.4 is 16.6 Å². The Morgan fingerprint density at radius 1 is 1.57 bits per heavy atom. The van der Waals surface area contributed by atoms with Crippen molar-refractivity contribution in [3.05, 3.63) is 22.2 Å². The molecule has 1 rings (SSSR count). The highest BCUT2D eigenvalue weighted by atomic mass is 16.2. The Morgan fingerprint density at radius 3 is 2.71 bits per heavy atom. The summed E-state index contributed by atoms with van der Waals surface area (Å²) in [4.78, 5) is 38.0. The topological polar surface area (TPSA) is 118 Å². The maximum atomic E-state index is 10.8. The average Bonchev–Trinajstić information content (AvgIpc) is 2.01. The van der Waals surface area contributed by atoms with Crippen molar-refractivity contribution in [2.75, 3.05) is 5.32 Å². The standard InChI is InChI=1S/C7H8N4O3/c1-3(12)10-7-5(6(8)14)9-2-4(13)11-7/h2H,1H3,(H2,8,14)(H2,10,11,12,13). The summed E-state index contributed by atoms with van der Waals surface area (Å²) in [5.41, 5.74) is 4.26.